The summed E-state index contributed by atoms with van der Waals surface area (Å²) in [6.07, 6.45) is 3.03. The van der Waals surface area contributed by atoms with Crippen LogP contribution in [-0.4, -0.2) is 22.9 Å². The first-order valence-corrected chi connectivity index (χ1v) is 11.1. The Morgan fingerprint density at radius 2 is 1.93 bits per heavy atom. The van der Waals surface area contributed by atoms with Crippen LogP contribution in [0.25, 0.3) is 0 Å². The summed E-state index contributed by atoms with van der Waals surface area (Å²) in [5.41, 5.74) is 3.41. The van der Waals surface area contributed by atoms with E-state index in [0.29, 0.717) is 16.4 Å². The molecule has 6 nitrogen and oxygen atoms in total. The van der Waals surface area contributed by atoms with Gasteiger partial charge in [0.1, 0.15) is 5.54 Å². The van der Waals surface area contributed by atoms with E-state index in [4.69, 9.17) is 0 Å². The zero-order valence-corrected chi connectivity index (χ0v) is 18.6. The van der Waals surface area contributed by atoms with Crippen LogP contribution in [0.5, 0.6) is 0 Å². The number of nitrogens with one attached hydrogen (secondary N) is 2. The SMILES string of the molecule is CC1(c2ccccc2)NC(=O)N(NC(=O)c2cc3c(s2)CCC(C(C)(C)C)C3)C1=O. The molecule has 2 N–H and O–H groups in total. The molecule has 30 heavy (non-hydrogen) atoms. The van der Waals surface area contributed by atoms with Gasteiger partial charge in [-0.15, -0.1) is 11.3 Å². The van der Waals surface area contributed by atoms with E-state index in [1.807, 2.05) is 24.3 Å². The van der Waals surface area contributed by atoms with Crippen LogP contribution in [0.1, 0.15) is 59.8 Å². The fourth-order valence-corrected chi connectivity index (χ4v) is 5.34. The monoisotopic (exact) mass is 425 g/mol. The number of fused-ring (bicyclic) bond motifs is 1. The second-order valence-electron chi connectivity index (χ2n) is 9.37. The fourth-order valence-electron chi connectivity index (χ4n) is 4.24. The molecule has 1 aromatic heterocycles. The second kappa shape index (κ2) is 7.23. The van der Waals surface area contributed by atoms with Crippen molar-refractivity contribution in [3.63, 3.8) is 0 Å². The normalized spacial score (nSPS) is 23.9. The van der Waals surface area contributed by atoms with Gasteiger partial charge in [-0.2, -0.15) is 5.01 Å². The van der Waals surface area contributed by atoms with Crippen molar-refractivity contribution in [1.29, 1.82) is 0 Å². The lowest BCUT2D eigenvalue weighted by Crippen LogP contribution is -2.47. The van der Waals surface area contributed by atoms with Gasteiger partial charge in [0.05, 0.1) is 4.88 Å². The first-order chi connectivity index (χ1) is 14.1. The third kappa shape index (κ3) is 3.51. The third-order valence-corrected chi connectivity index (χ3v) is 7.52. The van der Waals surface area contributed by atoms with Crippen LogP contribution in [0, 0.1) is 11.3 Å². The summed E-state index contributed by atoms with van der Waals surface area (Å²) < 4.78 is 0. The van der Waals surface area contributed by atoms with Gasteiger partial charge in [0.15, 0.2) is 0 Å². The highest BCUT2D eigenvalue weighted by Gasteiger charge is 2.50. The summed E-state index contributed by atoms with van der Waals surface area (Å²) in [4.78, 5) is 40.1. The molecule has 2 aliphatic rings. The maximum Gasteiger partial charge on any atom is 0.344 e. The van der Waals surface area contributed by atoms with Gasteiger partial charge in [-0.25, -0.2) is 4.79 Å². The maximum atomic E-state index is 13.0. The molecule has 1 aliphatic heterocycles. The van der Waals surface area contributed by atoms with Crippen molar-refractivity contribution in [3.8, 4) is 0 Å². The first-order valence-electron chi connectivity index (χ1n) is 10.2. The molecule has 158 valence electrons. The Hall–Kier alpha value is -2.67. The highest BCUT2D eigenvalue weighted by Crippen LogP contribution is 2.40. The van der Waals surface area contributed by atoms with E-state index in [0.717, 1.165) is 24.3 Å². The van der Waals surface area contributed by atoms with Gasteiger partial charge in [0.2, 0.25) is 0 Å². The Morgan fingerprint density at radius 3 is 2.60 bits per heavy atom. The highest BCUT2D eigenvalue weighted by molar-refractivity contribution is 7.14. The number of nitrogens with zero attached hydrogens (tertiary/aromatic N) is 1. The van der Waals surface area contributed by atoms with Gasteiger partial charge >= 0.3 is 6.03 Å². The lowest BCUT2D eigenvalue weighted by atomic mass is 9.72. The van der Waals surface area contributed by atoms with Crippen LogP contribution < -0.4 is 10.7 Å². The molecule has 1 aromatic carbocycles. The van der Waals surface area contributed by atoms with E-state index in [1.165, 1.54) is 21.8 Å². The molecule has 1 aliphatic carbocycles. The Labute approximate surface area is 180 Å². The maximum absolute atomic E-state index is 13.0. The van der Waals surface area contributed by atoms with E-state index in [2.05, 4.69) is 31.5 Å². The number of hydrogen-bond donors (Lipinski definition) is 2. The molecule has 0 saturated carbocycles. The second-order valence-corrected chi connectivity index (χ2v) is 10.5. The van der Waals surface area contributed by atoms with Crippen LogP contribution in [-0.2, 0) is 23.2 Å². The Balaban J connectivity index is 1.51. The van der Waals surface area contributed by atoms with Crippen LogP contribution in [0.3, 0.4) is 0 Å². The predicted octanol–water partition coefficient (Wildman–Crippen LogP) is 4.01. The van der Waals surface area contributed by atoms with Crippen molar-refractivity contribution < 1.29 is 14.4 Å². The molecule has 7 heteroatoms. The average molecular weight is 426 g/mol. The first kappa shape index (κ1) is 20.6. The van der Waals surface area contributed by atoms with E-state index < -0.39 is 23.4 Å². The smallest absolute Gasteiger partial charge is 0.318 e. The summed E-state index contributed by atoms with van der Waals surface area (Å²) in [6.45, 7) is 8.41. The Morgan fingerprint density at radius 1 is 1.23 bits per heavy atom. The molecule has 1 fully saturated rings. The molecule has 2 unspecified atom stereocenters. The van der Waals surface area contributed by atoms with Gasteiger partial charge in [-0.1, -0.05) is 51.1 Å². The lowest BCUT2D eigenvalue weighted by molar-refractivity contribution is -0.132. The van der Waals surface area contributed by atoms with E-state index in [-0.39, 0.29) is 5.41 Å². The number of hydrogen-bond acceptors (Lipinski definition) is 4. The predicted molar refractivity (Wildman–Crippen MR) is 116 cm³/mol. The molecule has 2 heterocycles. The standard InChI is InChI=1S/C23H27N3O3S/c1-22(2,3)16-10-11-17-14(12-16)13-18(30-17)19(27)25-26-20(28)23(4,24-21(26)29)15-8-6-5-7-9-15/h5-9,13,16H,10-12H2,1-4H3,(H,24,29)(H,25,27). The fraction of sp³-hybridized carbons (Fsp3) is 0.435. The molecular formula is C23H27N3O3S. The van der Waals surface area contributed by atoms with Gasteiger partial charge in [0, 0.05) is 4.88 Å². The van der Waals surface area contributed by atoms with E-state index in [1.54, 1.807) is 19.1 Å². The molecule has 2 atom stereocenters. The van der Waals surface area contributed by atoms with Crippen LogP contribution >= 0.6 is 11.3 Å². The number of rotatable bonds is 3. The number of thiophene rings is 1. The summed E-state index contributed by atoms with van der Waals surface area (Å²) in [6, 6.07) is 10.3. The van der Waals surface area contributed by atoms with Crippen LogP contribution in [0.2, 0.25) is 0 Å². The summed E-state index contributed by atoms with van der Waals surface area (Å²) in [5.74, 6) is -0.350. The number of benzene rings is 1. The van der Waals surface area contributed by atoms with Crippen molar-refractivity contribution in [2.24, 2.45) is 11.3 Å². The molecule has 0 spiro atoms. The molecule has 0 radical (unpaired) electrons. The average Bonchev–Trinajstić information content (AvgIpc) is 3.23. The minimum absolute atomic E-state index is 0.226. The van der Waals surface area contributed by atoms with Gasteiger partial charge in [0.25, 0.3) is 11.8 Å². The van der Waals surface area contributed by atoms with Crippen LogP contribution in [0.4, 0.5) is 4.79 Å². The lowest BCUT2D eigenvalue weighted by Gasteiger charge is -2.33. The number of imide groups is 1. The Bertz CT molecular complexity index is 1010. The molecule has 4 rings (SSSR count). The molecule has 2 aromatic rings. The molecule has 4 amide bonds. The number of hydrazine groups is 1. The van der Waals surface area contributed by atoms with E-state index >= 15 is 0 Å². The van der Waals surface area contributed by atoms with Crippen molar-refractivity contribution in [3.05, 3.63) is 57.3 Å². The summed E-state index contributed by atoms with van der Waals surface area (Å²) in [7, 11) is 0. The van der Waals surface area contributed by atoms with Crippen molar-refractivity contribution >= 4 is 29.2 Å². The summed E-state index contributed by atoms with van der Waals surface area (Å²) >= 11 is 1.46. The summed E-state index contributed by atoms with van der Waals surface area (Å²) in [5, 5.41) is 3.50. The zero-order chi connectivity index (χ0) is 21.7. The minimum Gasteiger partial charge on any atom is -0.318 e. The number of carbonyl (C=O) groups excluding carboxylic acids is 3. The quantitative estimate of drug-likeness (QED) is 0.730. The van der Waals surface area contributed by atoms with Crippen molar-refractivity contribution in [2.75, 3.05) is 0 Å². The van der Waals surface area contributed by atoms with E-state index in [9.17, 15) is 14.4 Å². The zero-order valence-electron chi connectivity index (χ0n) is 17.7. The molecular weight excluding hydrogens is 398 g/mol. The minimum atomic E-state index is -1.21. The molecule has 0 bridgehead atoms. The van der Waals surface area contributed by atoms with Crippen molar-refractivity contribution in [2.45, 2.75) is 52.5 Å². The number of urea groups is 1. The topological polar surface area (TPSA) is 78.5 Å². The number of carbonyl (C=O) groups is 3. The highest BCUT2D eigenvalue weighted by atomic mass is 32.1. The van der Waals surface area contributed by atoms with Gasteiger partial charge in [-0.3, -0.25) is 15.0 Å². The molecule has 1 saturated heterocycles. The van der Waals surface area contributed by atoms with Gasteiger partial charge < -0.3 is 5.32 Å². The Kier molecular flexibility index (Phi) is 4.97. The van der Waals surface area contributed by atoms with Gasteiger partial charge in [-0.05, 0) is 54.7 Å². The van der Waals surface area contributed by atoms with Crippen molar-refractivity contribution in [1.82, 2.24) is 15.8 Å². The number of amides is 4. The van der Waals surface area contributed by atoms with Crippen LogP contribution in [0.15, 0.2) is 36.4 Å². The number of aryl methyl sites for hydroxylation is 1. The third-order valence-electron chi connectivity index (χ3n) is 6.29. The largest absolute Gasteiger partial charge is 0.344 e.